The fourth-order valence-corrected chi connectivity index (χ4v) is 2.16. The Balaban J connectivity index is 2.32. The second-order valence-electron chi connectivity index (χ2n) is 5.09. The molecule has 0 radical (unpaired) electrons. The standard InChI is InChI=1S/C18H20O5/c1-12(18(19)20)14-9-15(21-2)17(16(10-14)22-3)23-11-13-7-5-4-6-8-13/h4-10,12H,11H2,1-3H3,(H,19,20). The lowest BCUT2D eigenvalue weighted by Gasteiger charge is -2.17. The number of methoxy groups -OCH3 is 2. The van der Waals surface area contributed by atoms with E-state index in [-0.39, 0.29) is 0 Å². The van der Waals surface area contributed by atoms with Gasteiger partial charge in [0.25, 0.3) is 0 Å². The van der Waals surface area contributed by atoms with Gasteiger partial charge < -0.3 is 19.3 Å². The monoisotopic (exact) mass is 316 g/mol. The minimum absolute atomic E-state index is 0.362. The Morgan fingerprint density at radius 1 is 1.09 bits per heavy atom. The molecule has 5 nitrogen and oxygen atoms in total. The minimum Gasteiger partial charge on any atom is -0.493 e. The number of rotatable bonds is 7. The third kappa shape index (κ3) is 3.94. The Morgan fingerprint density at radius 2 is 1.65 bits per heavy atom. The molecule has 23 heavy (non-hydrogen) atoms. The molecule has 0 aliphatic heterocycles. The molecule has 2 aromatic rings. The van der Waals surface area contributed by atoms with Crippen LogP contribution in [-0.2, 0) is 11.4 Å². The molecular weight excluding hydrogens is 296 g/mol. The molecule has 1 atom stereocenters. The number of carboxylic acid groups (broad SMARTS) is 1. The number of benzene rings is 2. The molecule has 5 heteroatoms. The molecule has 0 aliphatic rings. The zero-order chi connectivity index (χ0) is 16.8. The van der Waals surface area contributed by atoms with Crippen LogP contribution in [0.5, 0.6) is 17.2 Å². The van der Waals surface area contributed by atoms with Crippen LogP contribution in [0.4, 0.5) is 0 Å². The summed E-state index contributed by atoms with van der Waals surface area (Å²) in [6.07, 6.45) is 0. The lowest BCUT2D eigenvalue weighted by molar-refractivity contribution is -0.138. The third-order valence-electron chi connectivity index (χ3n) is 3.58. The highest BCUT2D eigenvalue weighted by molar-refractivity contribution is 5.76. The van der Waals surface area contributed by atoms with Crippen molar-refractivity contribution in [1.82, 2.24) is 0 Å². The Kier molecular flexibility index (Phi) is 5.46. The van der Waals surface area contributed by atoms with E-state index in [1.54, 1.807) is 19.1 Å². The maximum Gasteiger partial charge on any atom is 0.310 e. The second-order valence-corrected chi connectivity index (χ2v) is 5.09. The topological polar surface area (TPSA) is 65.0 Å². The number of ether oxygens (including phenoxy) is 3. The van der Waals surface area contributed by atoms with E-state index in [1.807, 2.05) is 30.3 Å². The average Bonchev–Trinajstić information content (AvgIpc) is 2.59. The second kappa shape index (κ2) is 7.54. The molecule has 1 unspecified atom stereocenters. The van der Waals surface area contributed by atoms with E-state index in [0.29, 0.717) is 29.4 Å². The molecule has 0 heterocycles. The van der Waals surface area contributed by atoms with Gasteiger partial charge >= 0.3 is 5.97 Å². The van der Waals surface area contributed by atoms with E-state index >= 15 is 0 Å². The van der Waals surface area contributed by atoms with Crippen LogP contribution in [0, 0.1) is 0 Å². The Labute approximate surface area is 135 Å². The van der Waals surface area contributed by atoms with E-state index in [1.165, 1.54) is 14.2 Å². The quantitative estimate of drug-likeness (QED) is 0.847. The Bertz CT molecular complexity index is 641. The van der Waals surface area contributed by atoms with Crippen LogP contribution in [0.15, 0.2) is 42.5 Å². The number of carbonyl (C=O) groups is 1. The van der Waals surface area contributed by atoms with Gasteiger partial charge in [-0.1, -0.05) is 30.3 Å². The van der Waals surface area contributed by atoms with Crippen molar-refractivity contribution in [3.05, 3.63) is 53.6 Å². The fraction of sp³-hybridized carbons (Fsp3) is 0.278. The van der Waals surface area contributed by atoms with Gasteiger partial charge in [-0.25, -0.2) is 0 Å². The van der Waals surface area contributed by atoms with Gasteiger partial charge in [-0.15, -0.1) is 0 Å². The van der Waals surface area contributed by atoms with Crippen molar-refractivity contribution >= 4 is 5.97 Å². The first-order valence-electron chi connectivity index (χ1n) is 7.22. The van der Waals surface area contributed by atoms with Crippen LogP contribution in [0.2, 0.25) is 0 Å². The summed E-state index contributed by atoms with van der Waals surface area (Å²) >= 11 is 0. The molecule has 0 aliphatic carbocycles. The summed E-state index contributed by atoms with van der Waals surface area (Å²) in [6, 6.07) is 13.1. The van der Waals surface area contributed by atoms with Gasteiger partial charge in [0.15, 0.2) is 11.5 Å². The molecular formula is C18H20O5. The maximum atomic E-state index is 11.2. The smallest absolute Gasteiger partial charge is 0.310 e. The van der Waals surface area contributed by atoms with E-state index < -0.39 is 11.9 Å². The number of carboxylic acids is 1. The highest BCUT2D eigenvalue weighted by Crippen LogP contribution is 2.40. The Morgan fingerprint density at radius 3 is 2.13 bits per heavy atom. The molecule has 0 bridgehead atoms. The summed E-state index contributed by atoms with van der Waals surface area (Å²) in [7, 11) is 3.03. The summed E-state index contributed by atoms with van der Waals surface area (Å²) in [5.74, 6) is -0.222. The predicted octanol–water partition coefficient (Wildman–Crippen LogP) is 3.47. The summed E-state index contributed by atoms with van der Waals surface area (Å²) in [6.45, 7) is 1.97. The molecule has 0 fully saturated rings. The van der Waals surface area contributed by atoms with Crippen LogP contribution >= 0.6 is 0 Å². The fourth-order valence-electron chi connectivity index (χ4n) is 2.16. The normalized spacial score (nSPS) is 11.6. The van der Waals surface area contributed by atoms with Crippen molar-refractivity contribution < 1.29 is 24.1 Å². The van der Waals surface area contributed by atoms with Crippen LogP contribution in [-0.4, -0.2) is 25.3 Å². The van der Waals surface area contributed by atoms with Crippen LogP contribution in [0.1, 0.15) is 24.0 Å². The van der Waals surface area contributed by atoms with Crippen molar-refractivity contribution in [2.24, 2.45) is 0 Å². The zero-order valence-electron chi connectivity index (χ0n) is 13.4. The third-order valence-corrected chi connectivity index (χ3v) is 3.58. The first-order valence-corrected chi connectivity index (χ1v) is 7.22. The van der Waals surface area contributed by atoms with Crippen molar-refractivity contribution in [1.29, 1.82) is 0 Å². The summed E-state index contributed by atoms with van der Waals surface area (Å²) < 4.78 is 16.5. The number of hydrogen-bond acceptors (Lipinski definition) is 4. The van der Waals surface area contributed by atoms with Gasteiger partial charge in [0, 0.05) is 0 Å². The maximum absolute atomic E-state index is 11.2. The van der Waals surface area contributed by atoms with Gasteiger partial charge in [-0.2, -0.15) is 0 Å². The zero-order valence-corrected chi connectivity index (χ0v) is 13.4. The molecule has 0 amide bonds. The van der Waals surface area contributed by atoms with E-state index in [9.17, 15) is 9.90 Å². The average molecular weight is 316 g/mol. The molecule has 0 aromatic heterocycles. The molecule has 2 rings (SSSR count). The largest absolute Gasteiger partial charge is 0.493 e. The molecule has 0 saturated carbocycles. The summed E-state index contributed by atoms with van der Waals surface area (Å²) in [4.78, 5) is 11.2. The highest BCUT2D eigenvalue weighted by atomic mass is 16.5. The first-order chi connectivity index (χ1) is 11.1. The molecule has 0 saturated heterocycles. The SMILES string of the molecule is COc1cc(C(C)C(=O)O)cc(OC)c1OCc1ccccc1. The Hall–Kier alpha value is -2.69. The first kappa shape index (κ1) is 16.7. The van der Waals surface area contributed by atoms with Crippen LogP contribution in [0.3, 0.4) is 0 Å². The van der Waals surface area contributed by atoms with E-state index in [2.05, 4.69) is 0 Å². The molecule has 1 N–H and O–H groups in total. The lowest BCUT2D eigenvalue weighted by Crippen LogP contribution is -2.09. The van der Waals surface area contributed by atoms with Crippen LogP contribution < -0.4 is 14.2 Å². The van der Waals surface area contributed by atoms with Gasteiger partial charge in [0.05, 0.1) is 20.1 Å². The van der Waals surface area contributed by atoms with Gasteiger partial charge in [-0.05, 0) is 30.2 Å². The van der Waals surface area contributed by atoms with Crippen molar-refractivity contribution in [3.8, 4) is 17.2 Å². The molecule has 0 spiro atoms. The molecule has 2 aromatic carbocycles. The van der Waals surface area contributed by atoms with Gasteiger partial charge in [-0.3, -0.25) is 4.79 Å². The number of hydrogen-bond donors (Lipinski definition) is 1. The van der Waals surface area contributed by atoms with Crippen molar-refractivity contribution in [3.63, 3.8) is 0 Å². The highest BCUT2D eigenvalue weighted by Gasteiger charge is 2.20. The summed E-state index contributed by atoms with van der Waals surface area (Å²) in [5, 5.41) is 9.17. The van der Waals surface area contributed by atoms with Crippen molar-refractivity contribution in [2.45, 2.75) is 19.4 Å². The van der Waals surface area contributed by atoms with E-state index in [0.717, 1.165) is 5.56 Å². The number of aliphatic carboxylic acids is 1. The van der Waals surface area contributed by atoms with Crippen molar-refractivity contribution in [2.75, 3.05) is 14.2 Å². The van der Waals surface area contributed by atoms with Crippen LogP contribution in [0.25, 0.3) is 0 Å². The predicted molar refractivity (Wildman–Crippen MR) is 86.4 cm³/mol. The van der Waals surface area contributed by atoms with Gasteiger partial charge in [0.1, 0.15) is 6.61 Å². The van der Waals surface area contributed by atoms with E-state index in [4.69, 9.17) is 14.2 Å². The molecule has 122 valence electrons. The summed E-state index contributed by atoms with van der Waals surface area (Å²) in [5.41, 5.74) is 1.61. The van der Waals surface area contributed by atoms with Gasteiger partial charge in [0.2, 0.25) is 5.75 Å². The lowest BCUT2D eigenvalue weighted by atomic mass is 10.0. The minimum atomic E-state index is -0.910.